The average molecular weight is 261 g/mol. The van der Waals surface area contributed by atoms with Crippen LogP contribution in [0.5, 0.6) is 0 Å². The second-order valence-corrected chi connectivity index (χ2v) is 4.62. The molecule has 5 nitrogen and oxygen atoms in total. The quantitative estimate of drug-likeness (QED) is 0.613. The molecular formula is C14H19N3O2. The Bertz CT molecular complexity index is 522. The van der Waals surface area contributed by atoms with E-state index in [0.29, 0.717) is 16.8 Å². The van der Waals surface area contributed by atoms with Crippen molar-refractivity contribution in [2.45, 2.75) is 20.3 Å². The number of nitrogens with two attached hydrogens (primary N) is 1. The first-order valence-corrected chi connectivity index (χ1v) is 6.57. The molecule has 0 aliphatic carbocycles. The average Bonchev–Trinajstić information content (AvgIpc) is 2.69. The van der Waals surface area contributed by atoms with Gasteiger partial charge >= 0.3 is 0 Å². The minimum absolute atomic E-state index is 0.335. The highest BCUT2D eigenvalue weighted by Gasteiger charge is 2.29. The maximum absolute atomic E-state index is 11.7. The Kier molecular flexibility index (Phi) is 3.85. The Morgan fingerprint density at radius 3 is 2.47 bits per heavy atom. The molecule has 0 saturated carbocycles. The van der Waals surface area contributed by atoms with Gasteiger partial charge in [-0.3, -0.25) is 14.9 Å². The predicted octanol–water partition coefficient (Wildman–Crippen LogP) is 1.04. The fourth-order valence-electron chi connectivity index (χ4n) is 2.37. The number of imide groups is 1. The zero-order valence-corrected chi connectivity index (χ0v) is 11.3. The van der Waals surface area contributed by atoms with Crippen LogP contribution >= 0.6 is 0 Å². The smallest absolute Gasteiger partial charge is 0.261 e. The van der Waals surface area contributed by atoms with Crippen LogP contribution in [0.15, 0.2) is 12.1 Å². The minimum Gasteiger partial charge on any atom is -0.398 e. The third-order valence-electron chi connectivity index (χ3n) is 3.63. The molecular weight excluding hydrogens is 242 g/mol. The molecule has 2 rings (SSSR count). The Balaban J connectivity index is 2.23. The largest absolute Gasteiger partial charge is 0.398 e. The van der Waals surface area contributed by atoms with Crippen molar-refractivity contribution in [3.63, 3.8) is 0 Å². The summed E-state index contributed by atoms with van der Waals surface area (Å²) in [6, 6.07) is 3.53. The van der Waals surface area contributed by atoms with E-state index in [4.69, 9.17) is 5.73 Å². The predicted molar refractivity (Wildman–Crippen MR) is 74.1 cm³/mol. The van der Waals surface area contributed by atoms with E-state index in [9.17, 15) is 9.59 Å². The highest BCUT2D eigenvalue weighted by molar-refractivity contribution is 6.23. The zero-order valence-electron chi connectivity index (χ0n) is 11.3. The van der Waals surface area contributed by atoms with Crippen molar-refractivity contribution in [2.75, 3.05) is 25.4 Å². The number of hydrogen-bond acceptors (Lipinski definition) is 4. The molecule has 0 radical (unpaired) electrons. The van der Waals surface area contributed by atoms with Crippen molar-refractivity contribution in [2.24, 2.45) is 0 Å². The van der Waals surface area contributed by atoms with Gasteiger partial charge in [0.25, 0.3) is 11.8 Å². The fourth-order valence-corrected chi connectivity index (χ4v) is 2.37. The van der Waals surface area contributed by atoms with Crippen molar-refractivity contribution >= 4 is 17.5 Å². The van der Waals surface area contributed by atoms with Gasteiger partial charge in [-0.15, -0.1) is 0 Å². The van der Waals surface area contributed by atoms with Crippen molar-refractivity contribution in [3.05, 3.63) is 28.8 Å². The molecule has 0 bridgehead atoms. The molecule has 1 aromatic carbocycles. The number of amides is 2. The molecule has 3 N–H and O–H groups in total. The van der Waals surface area contributed by atoms with Gasteiger partial charge in [0.05, 0.1) is 11.1 Å². The third kappa shape index (κ3) is 2.46. The summed E-state index contributed by atoms with van der Waals surface area (Å²) in [5, 5.41) is 2.27. The second-order valence-electron chi connectivity index (χ2n) is 4.62. The summed E-state index contributed by atoms with van der Waals surface area (Å²) in [4.78, 5) is 25.5. The molecule has 102 valence electrons. The first-order chi connectivity index (χ1) is 9.08. The molecule has 2 amide bonds. The summed E-state index contributed by atoms with van der Waals surface area (Å²) in [5.41, 5.74) is 8.11. The number of nitrogen functional groups attached to an aromatic ring is 1. The van der Waals surface area contributed by atoms with Crippen molar-refractivity contribution in [1.29, 1.82) is 0 Å². The lowest BCUT2D eigenvalue weighted by atomic mass is 10.0. The number of hydrogen-bond donors (Lipinski definition) is 2. The van der Waals surface area contributed by atoms with Gasteiger partial charge in [0.15, 0.2) is 0 Å². The molecule has 0 unspecified atom stereocenters. The van der Waals surface area contributed by atoms with E-state index in [2.05, 4.69) is 24.1 Å². The molecule has 0 spiro atoms. The van der Waals surface area contributed by atoms with Gasteiger partial charge in [-0.2, -0.15) is 0 Å². The lowest BCUT2D eigenvalue weighted by Gasteiger charge is -2.18. The van der Waals surface area contributed by atoms with Gasteiger partial charge in [-0.1, -0.05) is 19.9 Å². The number of nitrogens with zero attached hydrogens (tertiary/aromatic N) is 1. The van der Waals surface area contributed by atoms with Gasteiger partial charge in [-0.25, -0.2) is 0 Å². The van der Waals surface area contributed by atoms with E-state index >= 15 is 0 Å². The van der Waals surface area contributed by atoms with Crippen LogP contribution in [0, 0.1) is 0 Å². The summed E-state index contributed by atoms with van der Waals surface area (Å²) in [6.07, 6.45) is 0.780. The molecule has 0 fully saturated rings. The minimum atomic E-state index is -0.387. The van der Waals surface area contributed by atoms with Crippen LogP contribution in [0.1, 0.15) is 40.1 Å². The molecule has 1 aliphatic heterocycles. The van der Waals surface area contributed by atoms with Crippen LogP contribution in [0.2, 0.25) is 0 Å². The summed E-state index contributed by atoms with van der Waals surface area (Å²) in [7, 11) is 0. The number of rotatable bonds is 5. The van der Waals surface area contributed by atoms with Crippen molar-refractivity contribution in [1.82, 2.24) is 10.2 Å². The monoisotopic (exact) mass is 261 g/mol. The number of nitrogens with one attached hydrogen (secondary N) is 1. The van der Waals surface area contributed by atoms with Crippen LogP contribution in [0.25, 0.3) is 0 Å². The van der Waals surface area contributed by atoms with Crippen LogP contribution in [-0.2, 0) is 6.42 Å². The summed E-state index contributed by atoms with van der Waals surface area (Å²) >= 11 is 0. The highest BCUT2D eigenvalue weighted by atomic mass is 16.2. The van der Waals surface area contributed by atoms with Crippen LogP contribution in [-0.4, -0.2) is 36.3 Å². The van der Waals surface area contributed by atoms with Gasteiger partial charge in [0, 0.05) is 12.2 Å². The molecule has 0 atom stereocenters. The Morgan fingerprint density at radius 1 is 1.16 bits per heavy atom. The van der Waals surface area contributed by atoms with E-state index in [0.717, 1.165) is 31.6 Å². The fraction of sp³-hybridized carbons (Fsp3) is 0.429. The van der Waals surface area contributed by atoms with E-state index in [-0.39, 0.29) is 11.8 Å². The summed E-state index contributed by atoms with van der Waals surface area (Å²) in [6.45, 7) is 7.09. The van der Waals surface area contributed by atoms with E-state index < -0.39 is 0 Å². The molecule has 1 heterocycles. The number of carbonyl (C=O) groups is 2. The third-order valence-corrected chi connectivity index (χ3v) is 3.63. The van der Waals surface area contributed by atoms with Crippen molar-refractivity contribution < 1.29 is 9.59 Å². The van der Waals surface area contributed by atoms with E-state index in [1.807, 2.05) is 6.07 Å². The van der Waals surface area contributed by atoms with Gasteiger partial charge in [-0.05, 0) is 31.1 Å². The van der Waals surface area contributed by atoms with Crippen LogP contribution in [0.3, 0.4) is 0 Å². The van der Waals surface area contributed by atoms with Gasteiger partial charge < -0.3 is 10.6 Å². The summed E-state index contributed by atoms with van der Waals surface area (Å²) in [5.74, 6) is -0.746. The van der Waals surface area contributed by atoms with Crippen LogP contribution < -0.4 is 11.1 Å². The normalized spacial score (nSPS) is 13.8. The van der Waals surface area contributed by atoms with Gasteiger partial charge in [0.1, 0.15) is 0 Å². The molecule has 1 aliphatic rings. The topological polar surface area (TPSA) is 75.4 Å². The Labute approximate surface area is 112 Å². The first kappa shape index (κ1) is 13.5. The number of likely N-dealkylation sites (N-methyl/N-ethyl adjacent to an activating group) is 1. The lowest BCUT2D eigenvalue weighted by molar-refractivity contribution is 0.0880. The number of fused-ring (bicyclic) bond motifs is 1. The Morgan fingerprint density at radius 2 is 1.84 bits per heavy atom. The molecule has 5 heteroatoms. The molecule has 0 aromatic heterocycles. The SMILES string of the molecule is CCN(CC)CCc1ccc2c(c1N)C(=O)NC2=O. The number of anilines is 1. The number of benzene rings is 1. The maximum atomic E-state index is 11.7. The number of carbonyl (C=O) groups excluding carboxylic acids is 2. The van der Waals surface area contributed by atoms with Crippen LogP contribution in [0.4, 0.5) is 5.69 Å². The van der Waals surface area contributed by atoms with Gasteiger partial charge in [0.2, 0.25) is 0 Å². The van der Waals surface area contributed by atoms with Crippen molar-refractivity contribution in [3.8, 4) is 0 Å². The summed E-state index contributed by atoms with van der Waals surface area (Å²) < 4.78 is 0. The standard InChI is InChI=1S/C14H19N3O2/c1-3-17(4-2)8-7-9-5-6-10-11(12(9)15)14(19)16-13(10)18/h5-6H,3-4,7-8,15H2,1-2H3,(H,16,18,19). The Hall–Kier alpha value is -1.88. The highest BCUT2D eigenvalue weighted by Crippen LogP contribution is 2.26. The molecule has 0 saturated heterocycles. The lowest BCUT2D eigenvalue weighted by Crippen LogP contribution is -2.25. The first-order valence-electron chi connectivity index (χ1n) is 6.57. The zero-order chi connectivity index (χ0) is 14.0. The van der Waals surface area contributed by atoms with E-state index in [1.54, 1.807) is 6.07 Å². The second kappa shape index (κ2) is 5.40. The molecule has 1 aromatic rings. The van der Waals surface area contributed by atoms with E-state index in [1.165, 1.54) is 0 Å². The molecule has 19 heavy (non-hydrogen) atoms. The maximum Gasteiger partial charge on any atom is 0.261 e.